The van der Waals surface area contributed by atoms with Gasteiger partial charge in [0.25, 0.3) is 5.91 Å². The Morgan fingerprint density at radius 3 is 2.55 bits per heavy atom. The molecule has 0 radical (unpaired) electrons. The molecule has 10 heteroatoms. The molecule has 168 valence electrons. The van der Waals surface area contributed by atoms with Crippen molar-refractivity contribution in [3.05, 3.63) is 71.5 Å². The number of carbonyl (C=O) groups is 2. The number of aromatic nitrogens is 3. The summed E-state index contributed by atoms with van der Waals surface area (Å²) >= 11 is 1.21. The minimum absolute atomic E-state index is 0.00585. The third kappa shape index (κ3) is 4.85. The van der Waals surface area contributed by atoms with E-state index < -0.39 is 11.8 Å². The van der Waals surface area contributed by atoms with E-state index in [0.717, 1.165) is 11.3 Å². The van der Waals surface area contributed by atoms with Gasteiger partial charge >= 0.3 is 0 Å². The van der Waals surface area contributed by atoms with Gasteiger partial charge in [-0.1, -0.05) is 24.3 Å². The molecular formula is C23H21N5O4S. The van der Waals surface area contributed by atoms with Crippen LogP contribution in [-0.2, 0) is 11.2 Å². The average molecular weight is 464 g/mol. The minimum atomic E-state index is -0.490. The van der Waals surface area contributed by atoms with Gasteiger partial charge in [-0.2, -0.15) is 5.10 Å². The van der Waals surface area contributed by atoms with Gasteiger partial charge in [0.15, 0.2) is 22.3 Å². The summed E-state index contributed by atoms with van der Waals surface area (Å²) in [6.45, 7) is 0. The zero-order chi connectivity index (χ0) is 23.4. The number of benzene rings is 2. The topological polar surface area (TPSA) is 121 Å². The molecule has 0 aliphatic rings. The minimum Gasteiger partial charge on any atom is -0.493 e. The van der Waals surface area contributed by atoms with E-state index in [0.29, 0.717) is 27.9 Å². The standard InChI is InChI=1S/C23H21N5O4S/c1-31-18-9-8-14(10-19(18)32-2)17-12-28(16-6-4-3-5-7-16)27-21(17)22(30)26-23-25-15(13-33-23)11-20(24)29/h3-10,12-13H,11H2,1-2H3,(H2,24,29)(H,25,26,30). The van der Waals surface area contributed by atoms with Gasteiger partial charge in [-0.05, 0) is 29.8 Å². The molecule has 9 nitrogen and oxygen atoms in total. The van der Waals surface area contributed by atoms with Gasteiger partial charge in [0.1, 0.15) is 0 Å². The quantitative estimate of drug-likeness (QED) is 0.414. The lowest BCUT2D eigenvalue weighted by Crippen LogP contribution is -2.15. The molecule has 0 atom stereocenters. The molecule has 0 aliphatic carbocycles. The highest BCUT2D eigenvalue weighted by atomic mass is 32.1. The van der Waals surface area contributed by atoms with Gasteiger partial charge in [-0.25, -0.2) is 9.67 Å². The van der Waals surface area contributed by atoms with E-state index in [1.165, 1.54) is 11.3 Å². The van der Waals surface area contributed by atoms with Crippen LogP contribution in [0.3, 0.4) is 0 Å². The molecule has 0 saturated heterocycles. The highest BCUT2D eigenvalue weighted by molar-refractivity contribution is 7.14. The Morgan fingerprint density at radius 1 is 1.09 bits per heavy atom. The summed E-state index contributed by atoms with van der Waals surface area (Å²) in [5, 5.41) is 9.33. The summed E-state index contributed by atoms with van der Waals surface area (Å²) in [7, 11) is 3.11. The number of amides is 2. The number of methoxy groups -OCH3 is 2. The molecule has 0 aliphatic heterocycles. The van der Waals surface area contributed by atoms with Crippen molar-refractivity contribution >= 4 is 28.3 Å². The second-order valence-corrected chi connectivity index (χ2v) is 7.84. The number of carbonyl (C=O) groups excluding carboxylic acids is 2. The molecule has 0 spiro atoms. The van der Waals surface area contributed by atoms with E-state index in [9.17, 15) is 9.59 Å². The number of primary amides is 1. The monoisotopic (exact) mass is 463 g/mol. The molecular weight excluding hydrogens is 442 g/mol. The molecule has 2 aromatic heterocycles. The molecule has 4 rings (SSSR count). The van der Waals surface area contributed by atoms with Crippen LogP contribution in [0, 0.1) is 0 Å². The van der Waals surface area contributed by atoms with Gasteiger partial charge in [-0.15, -0.1) is 11.3 Å². The number of hydrogen-bond acceptors (Lipinski definition) is 7. The fourth-order valence-corrected chi connectivity index (χ4v) is 3.96. The van der Waals surface area contributed by atoms with Gasteiger partial charge < -0.3 is 15.2 Å². The van der Waals surface area contributed by atoms with Gasteiger partial charge in [-0.3, -0.25) is 14.9 Å². The Bertz CT molecular complexity index is 1300. The summed E-state index contributed by atoms with van der Waals surface area (Å²) < 4.78 is 12.4. The van der Waals surface area contributed by atoms with Crippen LogP contribution in [0.2, 0.25) is 0 Å². The van der Waals surface area contributed by atoms with E-state index in [1.54, 1.807) is 42.6 Å². The van der Waals surface area contributed by atoms with Crippen molar-refractivity contribution < 1.29 is 19.1 Å². The van der Waals surface area contributed by atoms with Crippen LogP contribution in [0.5, 0.6) is 11.5 Å². The molecule has 2 aromatic carbocycles. The highest BCUT2D eigenvalue weighted by Gasteiger charge is 2.21. The van der Waals surface area contributed by atoms with Crippen LogP contribution < -0.4 is 20.5 Å². The molecule has 0 unspecified atom stereocenters. The maximum absolute atomic E-state index is 13.2. The van der Waals surface area contributed by atoms with Crippen molar-refractivity contribution in [1.82, 2.24) is 14.8 Å². The smallest absolute Gasteiger partial charge is 0.278 e. The van der Waals surface area contributed by atoms with Crippen LogP contribution in [0.15, 0.2) is 60.1 Å². The molecule has 0 bridgehead atoms. The number of thiazole rings is 1. The maximum atomic E-state index is 13.2. The summed E-state index contributed by atoms with van der Waals surface area (Å²) in [5.41, 5.74) is 8.06. The maximum Gasteiger partial charge on any atom is 0.278 e. The second-order valence-electron chi connectivity index (χ2n) is 6.98. The van der Waals surface area contributed by atoms with Gasteiger partial charge in [0, 0.05) is 17.1 Å². The normalized spacial score (nSPS) is 10.6. The van der Waals surface area contributed by atoms with Crippen LogP contribution >= 0.6 is 11.3 Å². The molecule has 0 fully saturated rings. The molecule has 3 N–H and O–H groups in total. The number of nitrogens with zero attached hydrogens (tertiary/aromatic N) is 3. The lowest BCUT2D eigenvalue weighted by Gasteiger charge is -2.09. The van der Waals surface area contributed by atoms with E-state index in [2.05, 4.69) is 15.4 Å². The second kappa shape index (κ2) is 9.53. The molecule has 2 amide bonds. The Labute approximate surface area is 193 Å². The number of anilines is 1. The van der Waals surface area contributed by atoms with Gasteiger partial charge in [0.2, 0.25) is 5.91 Å². The lowest BCUT2D eigenvalue weighted by atomic mass is 10.1. The van der Waals surface area contributed by atoms with Crippen LogP contribution in [0.4, 0.5) is 5.13 Å². The fourth-order valence-electron chi connectivity index (χ4n) is 3.25. The lowest BCUT2D eigenvalue weighted by molar-refractivity contribution is -0.117. The van der Waals surface area contributed by atoms with E-state index >= 15 is 0 Å². The summed E-state index contributed by atoms with van der Waals surface area (Å²) in [5.74, 6) is 0.183. The van der Waals surface area contributed by atoms with Crippen LogP contribution in [-0.4, -0.2) is 40.8 Å². The first-order chi connectivity index (χ1) is 16.0. The first kappa shape index (κ1) is 22.0. The molecule has 2 heterocycles. The Hall–Kier alpha value is -4.18. The number of ether oxygens (including phenoxy) is 2. The SMILES string of the molecule is COc1ccc(-c2cn(-c3ccccc3)nc2C(=O)Nc2nc(CC(N)=O)cs2)cc1OC. The number of nitrogens with one attached hydrogen (secondary N) is 1. The summed E-state index contributed by atoms with van der Waals surface area (Å²) in [6.07, 6.45) is 1.79. The van der Waals surface area contributed by atoms with E-state index in [4.69, 9.17) is 15.2 Å². The largest absolute Gasteiger partial charge is 0.493 e. The number of rotatable bonds is 8. The zero-order valence-electron chi connectivity index (χ0n) is 17.9. The van der Waals surface area contributed by atoms with Gasteiger partial charge in [0.05, 0.1) is 32.0 Å². The molecule has 0 saturated carbocycles. The average Bonchev–Trinajstić information content (AvgIpc) is 3.46. The predicted octanol–water partition coefficient (Wildman–Crippen LogP) is 3.29. The van der Waals surface area contributed by atoms with Crippen LogP contribution in [0.1, 0.15) is 16.2 Å². The Balaban J connectivity index is 1.73. The van der Waals surface area contributed by atoms with Crippen molar-refractivity contribution in [3.63, 3.8) is 0 Å². The van der Waals surface area contributed by atoms with E-state index in [-0.39, 0.29) is 12.1 Å². The third-order valence-electron chi connectivity index (χ3n) is 4.77. The first-order valence-electron chi connectivity index (χ1n) is 9.90. The Morgan fingerprint density at radius 2 is 1.85 bits per heavy atom. The van der Waals surface area contributed by atoms with Crippen molar-refractivity contribution in [3.8, 4) is 28.3 Å². The zero-order valence-corrected chi connectivity index (χ0v) is 18.8. The summed E-state index contributed by atoms with van der Waals surface area (Å²) in [6, 6.07) is 14.9. The number of para-hydroxylation sites is 1. The summed E-state index contributed by atoms with van der Waals surface area (Å²) in [4.78, 5) is 28.6. The van der Waals surface area contributed by atoms with Crippen molar-refractivity contribution in [1.29, 1.82) is 0 Å². The Kier molecular flexibility index (Phi) is 6.36. The predicted molar refractivity (Wildman–Crippen MR) is 125 cm³/mol. The van der Waals surface area contributed by atoms with E-state index in [1.807, 2.05) is 36.4 Å². The number of hydrogen-bond donors (Lipinski definition) is 2. The number of nitrogens with two attached hydrogens (primary N) is 1. The first-order valence-corrected chi connectivity index (χ1v) is 10.8. The highest BCUT2D eigenvalue weighted by Crippen LogP contribution is 2.34. The van der Waals surface area contributed by atoms with Crippen molar-refractivity contribution in [2.75, 3.05) is 19.5 Å². The van der Waals surface area contributed by atoms with Crippen molar-refractivity contribution in [2.45, 2.75) is 6.42 Å². The van der Waals surface area contributed by atoms with Crippen LogP contribution in [0.25, 0.3) is 16.8 Å². The molecule has 4 aromatic rings. The molecule has 33 heavy (non-hydrogen) atoms. The third-order valence-corrected chi connectivity index (χ3v) is 5.58. The fraction of sp³-hybridized carbons (Fsp3) is 0.130. The van der Waals surface area contributed by atoms with Crippen molar-refractivity contribution in [2.24, 2.45) is 5.73 Å².